The topological polar surface area (TPSA) is 42.2 Å². The minimum Gasteiger partial charge on any atom is -0.496 e. The molecule has 0 saturated heterocycles. The van der Waals surface area contributed by atoms with Crippen LogP contribution >= 0.6 is 0 Å². The summed E-state index contributed by atoms with van der Waals surface area (Å²) in [5.41, 5.74) is 0.715. The van der Waals surface area contributed by atoms with Crippen molar-refractivity contribution in [2.75, 3.05) is 14.2 Å². The largest absolute Gasteiger partial charge is 0.496 e. The lowest BCUT2D eigenvalue weighted by Gasteiger charge is -2.12. The summed E-state index contributed by atoms with van der Waals surface area (Å²) in [7, 11) is 2.88. The molecule has 0 radical (unpaired) electrons. The highest BCUT2D eigenvalue weighted by molar-refractivity contribution is 5.52. The molecule has 0 aliphatic heterocycles. The zero-order valence-electron chi connectivity index (χ0n) is 8.87. The van der Waals surface area contributed by atoms with Crippen LogP contribution in [0.2, 0.25) is 0 Å². The van der Waals surface area contributed by atoms with Gasteiger partial charge in [-0.15, -0.1) is 0 Å². The van der Waals surface area contributed by atoms with Crippen LogP contribution in [0.15, 0.2) is 12.1 Å². The van der Waals surface area contributed by atoms with E-state index in [1.165, 1.54) is 33.3 Å². The Morgan fingerprint density at radius 2 is 1.87 bits per heavy atom. The van der Waals surface area contributed by atoms with Crippen LogP contribution in [0.1, 0.15) is 24.2 Å². The minimum atomic E-state index is -1.17. The molecule has 1 rings (SSSR count). The molecule has 15 heavy (non-hydrogen) atoms. The Bertz CT molecular complexity index is 396. The average Bonchev–Trinajstić information content (AvgIpc) is 2.26. The SMILES string of the molecule is COc1cc(C(C)F)c(OC)cc1C#N. The molecule has 0 saturated carbocycles. The highest BCUT2D eigenvalue weighted by Crippen LogP contribution is 2.33. The summed E-state index contributed by atoms with van der Waals surface area (Å²) in [5.74, 6) is 0.722. The van der Waals surface area contributed by atoms with Gasteiger partial charge in [0.1, 0.15) is 23.7 Å². The molecule has 3 nitrogen and oxygen atoms in total. The summed E-state index contributed by atoms with van der Waals surface area (Å²) in [5, 5.41) is 8.82. The molecule has 0 aromatic heterocycles. The van der Waals surface area contributed by atoms with Crippen molar-refractivity contribution in [1.82, 2.24) is 0 Å². The van der Waals surface area contributed by atoms with Crippen LogP contribution in [-0.4, -0.2) is 14.2 Å². The number of ether oxygens (including phenoxy) is 2. The number of nitrogens with zero attached hydrogens (tertiary/aromatic N) is 1. The van der Waals surface area contributed by atoms with Gasteiger partial charge in [0, 0.05) is 11.6 Å². The molecule has 1 aromatic rings. The molecular formula is C11H12FNO2. The maximum atomic E-state index is 13.2. The fourth-order valence-electron chi connectivity index (χ4n) is 1.32. The molecule has 0 spiro atoms. The molecule has 0 bridgehead atoms. The first-order chi connectivity index (χ1) is 7.13. The van der Waals surface area contributed by atoms with E-state index in [2.05, 4.69) is 0 Å². The number of rotatable bonds is 3. The standard InChI is InChI=1S/C11H12FNO2/c1-7(12)9-5-10(14-2)8(6-13)4-11(9)15-3/h4-5,7H,1-3H3. The molecule has 1 aromatic carbocycles. The normalized spacial score (nSPS) is 11.7. The molecule has 0 heterocycles. The third-order valence-electron chi connectivity index (χ3n) is 2.10. The minimum absolute atomic E-state index is 0.332. The number of hydrogen-bond acceptors (Lipinski definition) is 3. The van der Waals surface area contributed by atoms with Gasteiger partial charge in [-0.25, -0.2) is 4.39 Å². The number of nitriles is 1. The molecule has 0 aliphatic carbocycles. The molecule has 80 valence electrons. The van der Waals surface area contributed by atoms with Crippen LogP contribution in [0.5, 0.6) is 11.5 Å². The fourth-order valence-corrected chi connectivity index (χ4v) is 1.32. The maximum Gasteiger partial charge on any atom is 0.137 e. The van der Waals surface area contributed by atoms with E-state index >= 15 is 0 Å². The molecule has 4 heteroatoms. The van der Waals surface area contributed by atoms with Gasteiger partial charge >= 0.3 is 0 Å². The number of methoxy groups -OCH3 is 2. The van der Waals surface area contributed by atoms with Crippen LogP contribution in [0.25, 0.3) is 0 Å². The Hall–Kier alpha value is -1.76. The second-order valence-corrected chi connectivity index (χ2v) is 3.02. The number of benzene rings is 1. The summed E-state index contributed by atoms with van der Waals surface area (Å²) in [4.78, 5) is 0. The first-order valence-corrected chi connectivity index (χ1v) is 4.44. The van der Waals surface area contributed by atoms with Crippen molar-refractivity contribution in [2.45, 2.75) is 13.1 Å². The molecule has 0 fully saturated rings. The Balaban J connectivity index is 3.36. The van der Waals surface area contributed by atoms with Gasteiger partial charge in [-0.2, -0.15) is 5.26 Å². The van der Waals surface area contributed by atoms with Crippen molar-refractivity contribution in [3.05, 3.63) is 23.3 Å². The Morgan fingerprint density at radius 3 is 2.27 bits per heavy atom. The lowest BCUT2D eigenvalue weighted by molar-refractivity contribution is 0.342. The summed E-state index contributed by atoms with van der Waals surface area (Å²) in [6.07, 6.45) is -1.17. The van der Waals surface area contributed by atoms with E-state index in [0.29, 0.717) is 22.6 Å². The van der Waals surface area contributed by atoms with E-state index < -0.39 is 6.17 Å². The van der Waals surface area contributed by atoms with Crippen molar-refractivity contribution < 1.29 is 13.9 Å². The lowest BCUT2D eigenvalue weighted by atomic mass is 10.1. The summed E-state index contributed by atoms with van der Waals surface area (Å²) < 4.78 is 23.2. The second kappa shape index (κ2) is 4.65. The van der Waals surface area contributed by atoms with Crippen LogP contribution in [-0.2, 0) is 0 Å². The van der Waals surface area contributed by atoms with Crippen molar-refractivity contribution in [2.24, 2.45) is 0 Å². The van der Waals surface area contributed by atoms with Crippen molar-refractivity contribution in [3.63, 3.8) is 0 Å². The zero-order chi connectivity index (χ0) is 11.4. The van der Waals surface area contributed by atoms with Gasteiger partial charge in [-0.05, 0) is 13.0 Å². The number of hydrogen-bond donors (Lipinski definition) is 0. The molecule has 0 amide bonds. The number of halogens is 1. The molecule has 1 unspecified atom stereocenters. The Labute approximate surface area is 88.0 Å². The highest BCUT2D eigenvalue weighted by atomic mass is 19.1. The quantitative estimate of drug-likeness (QED) is 0.768. The van der Waals surface area contributed by atoms with E-state index in [9.17, 15) is 4.39 Å². The van der Waals surface area contributed by atoms with Gasteiger partial charge in [0.15, 0.2) is 0 Å². The van der Waals surface area contributed by atoms with Gasteiger partial charge in [0.2, 0.25) is 0 Å². The van der Waals surface area contributed by atoms with Crippen LogP contribution in [0, 0.1) is 11.3 Å². The summed E-state index contributed by atoms with van der Waals surface area (Å²) >= 11 is 0. The first-order valence-electron chi connectivity index (χ1n) is 4.44. The average molecular weight is 209 g/mol. The van der Waals surface area contributed by atoms with Crippen molar-refractivity contribution in [1.29, 1.82) is 5.26 Å². The van der Waals surface area contributed by atoms with E-state index in [0.717, 1.165) is 0 Å². The van der Waals surface area contributed by atoms with Gasteiger partial charge in [-0.1, -0.05) is 0 Å². The van der Waals surface area contributed by atoms with E-state index in [1.54, 1.807) is 0 Å². The van der Waals surface area contributed by atoms with Gasteiger partial charge < -0.3 is 9.47 Å². The van der Waals surface area contributed by atoms with E-state index in [1.807, 2.05) is 6.07 Å². The molecule has 0 aliphatic rings. The van der Waals surface area contributed by atoms with E-state index in [4.69, 9.17) is 14.7 Å². The van der Waals surface area contributed by atoms with Crippen LogP contribution < -0.4 is 9.47 Å². The second-order valence-electron chi connectivity index (χ2n) is 3.02. The van der Waals surface area contributed by atoms with Gasteiger partial charge in [0.05, 0.1) is 19.8 Å². The monoisotopic (exact) mass is 209 g/mol. The maximum absolute atomic E-state index is 13.2. The predicted octanol–water partition coefficient (Wildman–Crippen LogP) is 2.61. The summed E-state index contributed by atoms with van der Waals surface area (Å²) in [6, 6.07) is 4.92. The molecule has 0 N–H and O–H groups in total. The van der Waals surface area contributed by atoms with Gasteiger partial charge in [0.25, 0.3) is 0 Å². The molecule has 1 atom stereocenters. The van der Waals surface area contributed by atoms with Crippen LogP contribution in [0.4, 0.5) is 4.39 Å². The van der Waals surface area contributed by atoms with Gasteiger partial charge in [-0.3, -0.25) is 0 Å². The highest BCUT2D eigenvalue weighted by Gasteiger charge is 2.15. The number of alkyl halides is 1. The third-order valence-corrected chi connectivity index (χ3v) is 2.10. The molecular weight excluding hydrogens is 197 g/mol. The smallest absolute Gasteiger partial charge is 0.137 e. The first kappa shape index (κ1) is 11.3. The fraction of sp³-hybridized carbons (Fsp3) is 0.364. The lowest BCUT2D eigenvalue weighted by Crippen LogP contribution is -1.97. The zero-order valence-corrected chi connectivity index (χ0v) is 8.87. The Morgan fingerprint density at radius 1 is 1.27 bits per heavy atom. The van der Waals surface area contributed by atoms with E-state index in [-0.39, 0.29) is 0 Å². The van der Waals surface area contributed by atoms with Crippen LogP contribution in [0.3, 0.4) is 0 Å². The predicted molar refractivity (Wildman–Crippen MR) is 53.8 cm³/mol. The van der Waals surface area contributed by atoms with Crippen molar-refractivity contribution in [3.8, 4) is 17.6 Å². The third kappa shape index (κ3) is 2.18. The summed E-state index contributed by atoms with van der Waals surface area (Å²) in [6.45, 7) is 1.41. The Kier molecular flexibility index (Phi) is 3.51. The van der Waals surface area contributed by atoms with Crippen molar-refractivity contribution >= 4 is 0 Å².